The van der Waals surface area contributed by atoms with E-state index < -0.39 is 18.3 Å². The van der Waals surface area contributed by atoms with Gasteiger partial charge >= 0.3 is 7.12 Å². The Hall–Kier alpha value is -4.18. The molecule has 0 saturated carbocycles. The van der Waals surface area contributed by atoms with Gasteiger partial charge in [-0.1, -0.05) is 115 Å². The van der Waals surface area contributed by atoms with Crippen molar-refractivity contribution in [2.75, 3.05) is 0 Å². The van der Waals surface area contributed by atoms with Crippen molar-refractivity contribution in [3.05, 3.63) is 115 Å². The van der Waals surface area contributed by atoms with Gasteiger partial charge in [-0.05, 0) is 99.2 Å². The van der Waals surface area contributed by atoms with Gasteiger partial charge in [-0.15, -0.1) is 0 Å². The highest BCUT2D eigenvalue weighted by Gasteiger charge is 2.52. The van der Waals surface area contributed by atoms with Crippen molar-refractivity contribution in [2.45, 2.75) is 38.9 Å². The molecule has 0 unspecified atom stereocenters. The molecular formula is C38H31BO2. The van der Waals surface area contributed by atoms with Crippen molar-refractivity contribution in [3.63, 3.8) is 0 Å². The van der Waals surface area contributed by atoms with E-state index in [-0.39, 0.29) is 0 Å². The Morgan fingerprint density at radius 3 is 1.44 bits per heavy atom. The second kappa shape index (κ2) is 8.66. The highest BCUT2D eigenvalue weighted by Crippen LogP contribution is 2.57. The average Bonchev–Trinajstić information content (AvgIpc) is 3.43. The number of rotatable bonds is 3. The topological polar surface area (TPSA) is 18.5 Å². The smallest absolute Gasteiger partial charge is 0.399 e. The molecule has 2 nitrogen and oxygen atoms in total. The summed E-state index contributed by atoms with van der Waals surface area (Å²) in [6, 6.07) is 41.8. The standard InChI is InChI=1S/C38H31BO2/c1-37(2)38(3,4)41-39(40-37)31-23-22-30-34-28(31)20-13-21-29(34)35-32(24-14-7-5-8-15-24)26-18-11-12-19-27(26)33(36(30)35)25-16-9-6-10-17-25/h5-23H,1-4H3. The molecule has 0 N–H and O–H groups in total. The predicted molar refractivity (Wildman–Crippen MR) is 172 cm³/mol. The van der Waals surface area contributed by atoms with Crippen LogP contribution in [-0.2, 0) is 9.31 Å². The van der Waals surface area contributed by atoms with Crippen LogP contribution in [0.2, 0.25) is 0 Å². The summed E-state index contributed by atoms with van der Waals surface area (Å²) in [7, 11) is -0.422. The Bertz CT molecular complexity index is 1880. The van der Waals surface area contributed by atoms with Crippen molar-refractivity contribution in [3.8, 4) is 44.5 Å². The Morgan fingerprint density at radius 2 is 0.902 bits per heavy atom. The molecule has 1 fully saturated rings. The van der Waals surface area contributed by atoms with E-state index in [0.29, 0.717) is 0 Å². The van der Waals surface area contributed by atoms with Crippen molar-refractivity contribution in [1.29, 1.82) is 0 Å². The molecule has 0 atom stereocenters. The summed E-state index contributed by atoms with van der Waals surface area (Å²) in [6.45, 7) is 8.47. The molecular weight excluding hydrogens is 499 g/mol. The van der Waals surface area contributed by atoms with Crippen LogP contribution in [0.1, 0.15) is 27.7 Å². The lowest BCUT2D eigenvalue weighted by Gasteiger charge is -2.32. The van der Waals surface area contributed by atoms with Gasteiger partial charge in [0.05, 0.1) is 11.2 Å². The van der Waals surface area contributed by atoms with Crippen molar-refractivity contribution < 1.29 is 9.31 Å². The second-order valence-corrected chi connectivity index (χ2v) is 12.3. The van der Waals surface area contributed by atoms with Crippen LogP contribution >= 0.6 is 0 Å². The van der Waals surface area contributed by atoms with Crippen LogP contribution in [0.5, 0.6) is 0 Å². The zero-order chi connectivity index (χ0) is 27.9. The maximum absolute atomic E-state index is 6.56. The maximum atomic E-state index is 6.56. The van der Waals surface area contributed by atoms with E-state index in [4.69, 9.17) is 9.31 Å². The van der Waals surface area contributed by atoms with Gasteiger partial charge in [-0.3, -0.25) is 0 Å². The first kappa shape index (κ1) is 24.6. The molecule has 0 spiro atoms. The highest BCUT2D eigenvalue weighted by atomic mass is 16.7. The normalized spacial score (nSPS) is 16.4. The van der Waals surface area contributed by atoms with Gasteiger partial charge in [0.1, 0.15) is 0 Å². The predicted octanol–water partition coefficient (Wildman–Crippen LogP) is 9.27. The zero-order valence-electron chi connectivity index (χ0n) is 23.9. The van der Waals surface area contributed by atoms with E-state index >= 15 is 0 Å². The van der Waals surface area contributed by atoms with Crippen LogP contribution in [-0.4, -0.2) is 18.3 Å². The van der Waals surface area contributed by atoms with Gasteiger partial charge in [0.2, 0.25) is 0 Å². The fourth-order valence-electron chi connectivity index (χ4n) is 6.81. The third-order valence-corrected chi connectivity index (χ3v) is 9.46. The highest BCUT2D eigenvalue weighted by molar-refractivity contribution is 6.65. The first-order valence-electron chi connectivity index (χ1n) is 14.5. The monoisotopic (exact) mass is 530 g/mol. The zero-order valence-corrected chi connectivity index (χ0v) is 23.9. The molecule has 1 aliphatic heterocycles. The lowest BCUT2D eigenvalue weighted by atomic mass is 9.75. The summed E-state index contributed by atoms with van der Waals surface area (Å²) in [6.07, 6.45) is 0. The van der Waals surface area contributed by atoms with Crippen LogP contribution in [0.3, 0.4) is 0 Å². The van der Waals surface area contributed by atoms with Crippen LogP contribution in [0, 0.1) is 0 Å². The molecule has 0 amide bonds. The van der Waals surface area contributed by atoms with Gasteiger partial charge < -0.3 is 9.31 Å². The second-order valence-electron chi connectivity index (χ2n) is 12.3. The first-order chi connectivity index (χ1) is 19.9. The first-order valence-corrected chi connectivity index (χ1v) is 14.5. The Kier molecular flexibility index (Phi) is 5.20. The molecule has 0 aromatic heterocycles. The maximum Gasteiger partial charge on any atom is 0.495 e. The summed E-state index contributed by atoms with van der Waals surface area (Å²) in [5.41, 5.74) is 10.5. The van der Waals surface area contributed by atoms with Gasteiger partial charge in [-0.25, -0.2) is 0 Å². The summed E-state index contributed by atoms with van der Waals surface area (Å²) in [4.78, 5) is 0. The van der Waals surface area contributed by atoms with E-state index in [1.807, 2.05) is 0 Å². The number of hydrogen-bond acceptors (Lipinski definition) is 2. The van der Waals surface area contributed by atoms with Crippen molar-refractivity contribution in [1.82, 2.24) is 0 Å². The third-order valence-electron chi connectivity index (χ3n) is 9.46. The lowest BCUT2D eigenvalue weighted by Crippen LogP contribution is -2.41. The van der Waals surface area contributed by atoms with E-state index in [9.17, 15) is 0 Å². The fourth-order valence-corrected chi connectivity index (χ4v) is 6.81. The average molecular weight is 530 g/mol. The molecule has 0 radical (unpaired) electrons. The Labute approximate surface area is 241 Å². The van der Waals surface area contributed by atoms with Gasteiger partial charge in [0.25, 0.3) is 0 Å². The Morgan fingerprint density at radius 1 is 0.439 bits per heavy atom. The van der Waals surface area contributed by atoms with Gasteiger partial charge in [0, 0.05) is 0 Å². The van der Waals surface area contributed by atoms with E-state index in [1.54, 1.807) is 0 Å². The SMILES string of the molecule is CC1(C)OB(c2ccc3c4c(cccc24)-c2c-3c(-c3ccccc3)c3ccccc3c2-c2ccccc2)OC1(C)C. The van der Waals surface area contributed by atoms with Gasteiger partial charge in [0.15, 0.2) is 0 Å². The number of hydrogen-bond donors (Lipinski definition) is 0. The molecule has 2 aliphatic rings. The van der Waals surface area contributed by atoms with Crippen LogP contribution in [0.15, 0.2) is 115 Å². The van der Waals surface area contributed by atoms with Gasteiger partial charge in [-0.2, -0.15) is 0 Å². The molecule has 0 bridgehead atoms. The fraction of sp³-hybridized carbons (Fsp3) is 0.158. The van der Waals surface area contributed by atoms with Crippen LogP contribution in [0.4, 0.5) is 0 Å². The van der Waals surface area contributed by atoms with Crippen molar-refractivity contribution >= 4 is 34.1 Å². The molecule has 6 aromatic carbocycles. The molecule has 41 heavy (non-hydrogen) atoms. The summed E-state index contributed by atoms with van der Waals surface area (Å²) < 4.78 is 13.1. The van der Waals surface area contributed by atoms with Crippen LogP contribution in [0.25, 0.3) is 66.1 Å². The number of fused-ring (bicyclic) bond motifs is 4. The minimum Gasteiger partial charge on any atom is -0.399 e. The van der Waals surface area contributed by atoms with E-state index in [2.05, 4.69) is 143 Å². The lowest BCUT2D eigenvalue weighted by molar-refractivity contribution is 0.00578. The Balaban J connectivity index is 1.50. The molecule has 198 valence electrons. The summed E-state index contributed by atoms with van der Waals surface area (Å²) in [5.74, 6) is 0. The largest absolute Gasteiger partial charge is 0.495 e. The summed E-state index contributed by atoms with van der Waals surface area (Å²) >= 11 is 0. The molecule has 6 aromatic rings. The molecule has 1 heterocycles. The molecule has 3 heteroatoms. The van der Waals surface area contributed by atoms with E-state index in [1.165, 1.54) is 66.1 Å². The molecule has 1 aliphatic carbocycles. The quantitative estimate of drug-likeness (QED) is 0.212. The summed E-state index contributed by atoms with van der Waals surface area (Å²) in [5, 5.41) is 5.01. The van der Waals surface area contributed by atoms with E-state index in [0.717, 1.165) is 5.46 Å². The molecule has 8 rings (SSSR count). The number of benzene rings is 6. The third kappa shape index (κ3) is 3.46. The molecule has 1 saturated heterocycles. The van der Waals surface area contributed by atoms with Crippen molar-refractivity contribution in [2.24, 2.45) is 0 Å². The van der Waals surface area contributed by atoms with Crippen LogP contribution < -0.4 is 5.46 Å². The minimum atomic E-state index is -0.422. The minimum absolute atomic E-state index is 0.401.